The van der Waals surface area contributed by atoms with Crippen LogP contribution < -0.4 is 5.48 Å². The number of aliphatic hydroxyl groups is 1. The van der Waals surface area contributed by atoms with E-state index >= 15 is 0 Å². The van der Waals surface area contributed by atoms with Crippen molar-refractivity contribution in [1.82, 2.24) is 5.48 Å². The first-order chi connectivity index (χ1) is 7.81. The monoisotopic (exact) mass is 247 g/mol. The van der Waals surface area contributed by atoms with Gasteiger partial charge in [-0.1, -0.05) is 0 Å². The molecule has 1 aliphatic rings. The molecule has 0 aliphatic carbocycles. The minimum absolute atomic E-state index is 0.0373. The first-order valence-electron chi connectivity index (χ1n) is 5.72. The molecule has 0 spiro atoms. The fourth-order valence-electron chi connectivity index (χ4n) is 1.42. The van der Waals surface area contributed by atoms with Crippen molar-refractivity contribution >= 4 is 6.09 Å². The fraction of sp³-hybridized carbons (Fsp3) is 0.909. The lowest BCUT2D eigenvalue weighted by Gasteiger charge is -2.31. The molecule has 1 saturated heterocycles. The molecule has 0 aromatic carbocycles. The Morgan fingerprint density at radius 1 is 1.41 bits per heavy atom. The standard InChI is InChI=1S/C11H21NO5/c1-10(2,3)17-9(13)12-16-8-11(14)4-6-15-7-5-11/h14H,4-8H2,1-3H3,(H,12,13). The van der Waals surface area contributed by atoms with Gasteiger partial charge < -0.3 is 14.6 Å². The second-order valence-corrected chi connectivity index (χ2v) is 5.23. The molecule has 0 radical (unpaired) electrons. The summed E-state index contributed by atoms with van der Waals surface area (Å²) in [6, 6.07) is 0. The van der Waals surface area contributed by atoms with E-state index in [4.69, 9.17) is 14.3 Å². The number of ether oxygens (including phenoxy) is 2. The van der Waals surface area contributed by atoms with Crippen molar-refractivity contribution in [2.24, 2.45) is 0 Å². The van der Waals surface area contributed by atoms with Crippen molar-refractivity contribution in [1.29, 1.82) is 0 Å². The number of nitrogens with one attached hydrogen (secondary N) is 1. The summed E-state index contributed by atoms with van der Waals surface area (Å²) in [6.45, 7) is 6.34. The SMILES string of the molecule is CC(C)(C)OC(=O)NOCC1(O)CCOCC1. The Morgan fingerprint density at radius 2 is 2.00 bits per heavy atom. The Morgan fingerprint density at radius 3 is 2.53 bits per heavy atom. The third-order valence-electron chi connectivity index (χ3n) is 2.32. The van der Waals surface area contributed by atoms with Crippen LogP contribution in [0.15, 0.2) is 0 Å². The summed E-state index contributed by atoms with van der Waals surface area (Å²) in [5.41, 5.74) is 0.660. The minimum Gasteiger partial charge on any atom is -0.442 e. The summed E-state index contributed by atoms with van der Waals surface area (Å²) in [6.07, 6.45) is 0.347. The molecule has 0 saturated carbocycles. The largest absolute Gasteiger partial charge is 0.442 e. The molecule has 1 rings (SSSR count). The van der Waals surface area contributed by atoms with Crippen LogP contribution in [0.3, 0.4) is 0 Å². The first-order valence-corrected chi connectivity index (χ1v) is 5.72. The number of hydroxylamine groups is 1. The van der Waals surface area contributed by atoms with Gasteiger partial charge in [0.25, 0.3) is 0 Å². The predicted molar refractivity (Wildman–Crippen MR) is 60.3 cm³/mol. The molecule has 17 heavy (non-hydrogen) atoms. The van der Waals surface area contributed by atoms with Crippen LogP contribution in [0, 0.1) is 0 Å². The zero-order chi connectivity index (χ0) is 12.9. The van der Waals surface area contributed by atoms with E-state index in [2.05, 4.69) is 5.48 Å². The van der Waals surface area contributed by atoms with Crippen molar-refractivity contribution in [3.8, 4) is 0 Å². The highest BCUT2D eigenvalue weighted by Gasteiger charge is 2.30. The average Bonchev–Trinajstić information content (AvgIpc) is 2.15. The quantitative estimate of drug-likeness (QED) is 0.727. The number of carbonyl (C=O) groups is 1. The van der Waals surface area contributed by atoms with Gasteiger partial charge in [0.05, 0.1) is 5.60 Å². The molecule has 2 N–H and O–H groups in total. The second kappa shape index (κ2) is 5.66. The summed E-state index contributed by atoms with van der Waals surface area (Å²) < 4.78 is 10.1. The highest BCUT2D eigenvalue weighted by molar-refractivity contribution is 5.66. The first kappa shape index (κ1) is 14.2. The van der Waals surface area contributed by atoms with Crippen LogP contribution in [-0.4, -0.2) is 42.2 Å². The van der Waals surface area contributed by atoms with E-state index in [-0.39, 0.29) is 6.61 Å². The van der Waals surface area contributed by atoms with E-state index < -0.39 is 17.3 Å². The number of amides is 1. The molecular weight excluding hydrogens is 226 g/mol. The molecule has 0 atom stereocenters. The maximum absolute atomic E-state index is 11.2. The molecule has 0 bridgehead atoms. The number of carbonyl (C=O) groups excluding carboxylic acids is 1. The molecule has 0 aromatic heterocycles. The van der Waals surface area contributed by atoms with Crippen molar-refractivity contribution in [3.05, 3.63) is 0 Å². The Balaban J connectivity index is 2.20. The molecule has 1 heterocycles. The van der Waals surface area contributed by atoms with E-state index in [0.29, 0.717) is 26.1 Å². The molecule has 6 nitrogen and oxygen atoms in total. The molecule has 6 heteroatoms. The van der Waals surface area contributed by atoms with Gasteiger partial charge in [-0.05, 0) is 20.8 Å². The van der Waals surface area contributed by atoms with Gasteiger partial charge in [-0.25, -0.2) is 4.79 Å². The van der Waals surface area contributed by atoms with Crippen molar-refractivity contribution in [2.75, 3.05) is 19.8 Å². The van der Waals surface area contributed by atoms with Crippen molar-refractivity contribution < 1.29 is 24.2 Å². The third kappa shape index (κ3) is 5.86. The van der Waals surface area contributed by atoms with Gasteiger partial charge in [0, 0.05) is 26.1 Å². The van der Waals surface area contributed by atoms with Crippen molar-refractivity contribution in [3.63, 3.8) is 0 Å². The summed E-state index contributed by atoms with van der Waals surface area (Å²) in [7, 11) is 0. The van der Waals surface area contributed by atoms with Gasteiger partial charge in [0.1, 0.15) is 12.2 Å². The van der Waals surface area contributed by atoms with Crippen LogP contribution >= 0.6 is 0 Å². The topological polar surface area (TPSA) is 77.0 Å². The zero-order valence-corrected chi connectivity index (χ0v) is 10.6. The van der Waals surface area contributed by atoms with Crippen LogP contribution in [0.25, 0.3) is 0 Å². The molecule has 1 fully saturated rings. The highest BCUT2D eigenvalue weighted by Crippen LogP contribution is 2.20. The molecule has 1 amide bonds. The maximum atomic E-state index is 11.2. The van der Waals surface area contributed by atoms with Gasteiger partial charge in [0.15, 0.2) is 0 Å². The predicted octanol–water partition coefficient (Wildman–Crippen LogP) is 0.984. The van der Waals surface area contributed by atoms with Gasteiger partial charge >= 0.3 is 6.09 Å². The molecule has 100 valence electrons. The summed E-state index contributed by atoms with van der Waals surface area (Å²) in [5, 5.41) is 10.0. The highest BCUT2D eigenvalue weighted by atomic mass is 16.7. The summed E-state index contributed by atoms with van der Waals surface area (Å²) in [4.78, 5) is 16.2. The Bertz CT molecular complexity index is 255. The third-order valence-corrected chi connectivity index (χ3v) is 2.32. The number of rotatable bonds is 3. The van der Waals surface area contributed by atoms with E-state index in [1.165, 1.54) is 0 Å². The van der Waals surface area contributed by atoms with E-state index in [1.54, 1.807) is 20.8 Å². The fourth-order valence-corrected chi connectivity index (χ4v) is 1.42. The Hall–Kier alpha value is -0.850. The van der Waals surface area contributed by atoms with Crippen LogP contribution in [0.5, 0.6) is 0 Å². The second-order valence-electron chi connectivity index (χ2n) is 5.23. The van der Waals surface area contributed by atoms with Gasteiger partial charge in [-0.3, -0.25) is 4.84 Å². The molecule has 0 unspecified atom stereocenters. The summed E-state index contributed by atoms with van der Waals surface area (Å²) >= 11 is 0. The molecular formula is C11H21NO5. The van der Waals surface area contributed by atoms with E-state index in [1.807, 2.05) is 0 Å². The van der Waals surface area contributed by atoms with E-state index in [0.717, 1.165) is 0 Å². The van der Waals surface area contributed by atoms with Gasteiger partial charge in [-0.15, -0.1) is 0 Å². The smallest absolute Gasteiger partial charge is 0.431 e. The van der Waals surface area contributed by atoms with Gasteiger partial charge in [0.2, 0.25) is 0 Å². The Labute approximate surface area is 101 Å². The van der Waals surface area contributed by atoms with Crippen molar-refractivity contribution in [2.45, 2.75) is 44.8 Å². The maximum Gasteiger partial charge on any atom is 0.431 e. The summed E-state index contributed by atoms with van der Waals surface area (Å²) in [5.74, 6) is 0. The van der Waals surface area contributed by atoms with Crippen LogP contribution in [0.2, 0.25) is 0 Å². The minimum atomic E-state index is -0.923. The lowest BCUT2D eigenvalue weighted by atomic mass is 9.96. The number of hydrogen-bond donors (Lipinski definition) is 2. The van der Waals surface area contributed by atoms with Crippen LogP contribution in [0.4, 0.5) is 4.79 Å². The average molecular weight is 247 g/mol. The number of hydrogen-bond acceptors (Lipinski definition) is 5. The zero-order valence-electron chi connectivity index (χ0n) is 10.6. The lowest BCUT2D eigenvalue weighted by Crippen LogP contribution is -2.43. The van der Waals surface area contributed by atoms with Crippen LogP contribution in [0.1, 0.15) is 33.6 Å². The Kier molecular flexibility index (Phi) is 4.73. The van der Waals surface area contributed by atoms with E-state index in [9.17, 15) is 9.90 Å². The normalized spacial score (nSPS) is 19.8. The lowest BCUT2D eigenvalue weighted by molar-refractivity contribution is -0.125. The van der Waals surface area contributed by atoms with Crippen LogP contribution in [-0.2, 0) is 14.3 Å². The van der Waals surface area contributed by atoms with Gasteiger partial charge in [-0.2, -0.15) is 5.48 Å². The molecule has 0 aromatic rings. The molecule has 1 aliphatic heterocycles.